The van der Waals surface area contributed by atoms with Crippen molar-refractivity contribution in [2.45, 2.75) is 6.92 Å². The van der Waals surface area contributed by atoms with Crippen molar-refractivity contribution < 1.29 is 4.74 Å². The van der Waals surface area contributed by atoms with E-state index in [4.69, 9.17) is 16.3 Å². The highest BCUT2D eigenvalue weighted by Gasteiger charge is 2.09. The summed E-state index contributed by atoms with van der Waals surface area (Å²) >= 11 is 8.99. The van der Waals surface area contributed by atoms with Gasteiger partial charge >= 0.3 is 0 Å². The van der Waals surface area contributed by atoms with Crippen molar-refractivity contribution in [3.8, 4) is 11.6 Å². The Hall–Kier alpha value is -1.33. The van der Waals surface area contributed by atoms with E-state index in [1.54, 1.807) is 12.1 Å². The van der Waals surface area contributed by atoms with E-state index in [1.165, 1.54) is 6.33 Å². The van der Waals surface area contributed by atoms with Gasteiger partial charge in [-0.15, -0.1) is 0 Å². The normalized spacial score (nSPS) is 10.3. The average Bonchev–Trinajstić information content (AvgIpc) is 2.30. The molecule has 0 fully saturated rings. The lowest BCUT2D eigenvalue weighted by molar-refractivity contribution is 0.453. The minimum atomic E-state index is -0.297. The van der Waals surface area contributed by atoms with E-state index in [9.17, 15) is 4.79 Å². The van der Waals surface area contributed by atoms with E-state index >= 15 is 0 Å². The molecule has 1 aromatic heterocycles. The molecule has 0 bridgehead atoms. The number of halogens is 2. The predicted octanol–water partition coefficient (Wildman–Crippen LogP) is 3.29. The van der Waals surface area contributed by atoms with Gasteiger partial charge in [0.1, 0.15) is 10.2 Å². The molecule has 0 radical (unpaired) electrons. The van der Waals surface area contributed by atoms with Crippen molar-refractivity contribution in [1.29, 1.82) is 0 Å². The Morgan fingerprint density at radius 1 is 1.47 bits per heavy atom. The summed E-state index contributed by atoms with van der Waals surface area (Å²) in [6, 6.07) is 5.27. The number of aromatic amines is 1. The van der Waals surface area contributed by atoms with Gasteiger partial charge in [-0.2, -0.15) is 0 Å². The van der Waals surface area contributed by atoms with Crippen molar-refractivity contribution in [1.82, 2.24) is 9.97 Å². The van der Waals surface area contributed by atoms with Gasteiger partial charge in [0.2, 0.25) is 5.88 Å². The van der Waals surface area contributed by atoms with Crippen LogP contribution in [0.25, 0.3) is 0 Å². The molecule has 0 saturated carbocycles. The number of nitrogens with one attached hydrogen (secondary N) is 1. The number of ether oxygens (including phenoxy) is 1. The van der Waals surface area contributed by atoms with Crippen molar-refractivity contribution in [3.05, 3.63) is 49.9 Å². The van der Waals surface area contributed by atoms with E-state index in [1.807, 2.05) is 13.0 Å². The van der Waals surface area contributed by atoms with Gasteiger partial charge in [-0.25, -0.2) is 4.98 Å². The van der Waals surface area contributed by atoms with Crippen LogP contribution >= 0.6 is 27.5 Å². The predicted molar refractivity (Wildman–Crippen MR) is 68.8 cm³/mol. The highest BCUT2D eigenvalue weighted by Crippen LogP contribution is 2.29. The van der Waals surface area contributed by atoms with Gasteiger partial charge in [-0.3, -0.25) is 4.79 Å². The fourth-order valence-corrected chi connectivity index (χ4v) is 1.69. The molecule has 0 unspecified atom stereocenters. The molecule has 4 nitrogen and oxygen atoms in total. The Bertz CT molecular complexity index is 613. The third kappa shape index (κ3) is 2.68. The summed E-state index contributed by atoms with van der Waals surface area (Å²) in [5.41, 5.74) is 0.609. The van der Waals surface area contributed by atoms with Crippen LogP contribution in [0, 0.1) is 6.92 Å². The van der Waals surface area contributed by atoms with Gasteiger partial charge in [0.15, 0.2) is 0 Å². The molecule has 6 heteroatoms. The van der Waals surface area contributed by atoms with E-state index in [0.29, 0.717) is 10.8 Å². The Balaban J connectivity index is 2.41. The van der Waals surface area contributed by atoms with Crippen LogP contribution in [0.4, 0.5) is 0 Å². The van der Waals surface area contributed by atoms with Gasteiger partial charge in [-0.05, 0) is 40.5 Å². The highest BCUT2D eigenvalue weighted by molar-refractivity contribution is 9.10. The maximum Gasteiger partial charge on any atom is 0.268 e. The Morgan fingerprint density at radius 2 is 2.24 bits per heavy atom. The highest BCUT2D eigenvalue weighted by atomic mass is 79.9. The van der Waals surface area contributed by atoms with Crippen molar-refractivity contribution in [2.24, 2.45) is 0 Å². The molecule has 1 heterocycles. The number of benzene rings is 1. The van der Waals surface area contributed by atoms with Crippen LogP contribution in [0.1, 0.15) is 5.56 Å². The molecule has 0 aliphatic heterocycles. The lowest BCUT2D eigenvalue weighted by Gasteiger charge is -2.08. The molecular formula is C11H8BrClN2O2. The summed E-state index contributed by atoms with van der Waals surface area (Å²) in [5, 5.41) is 0.562. The van der Waals surface area contributed by atoms with Crippen LogP contribution in [0.2, 0.25) is 5.02 Å². The summed E-state index contributed by atoms with van der Waals surface area (Å²) < 4.78 is 5.79. The van der Waals surface area contributed by atoms with Gasteiger partial charge in [0.05, 0.1) is 6.33 Å². The van der Waals surface area contributed by atoms with Gasteiger partial charge in [0.25, 0.3) is 5.56 Å². The topological polar surface area (TPSA) is 55.0 Å². The third-order valence-corrected chi connectivity index (χ3v) is 3.06. The fraction of sp³-hybridized carbons (Fsp3) is 0.0909. The van der Waals surface area contributed by atoms with E-state index < -0.39 is 0 Å². The Morgan fingerprint density at radius 3 is 3.00 bits per heavy atom. The first kappa shape index (κ1) is 12.1. The molecule has 2 aromatic rings. The summed E-state index contributed by atoms with van der Waals surface area (Å²) in [4.78, 5) is 17.7. The quantitative estimate of drug-likeness (QED) is 0.925. The number of rotatable bonds is 2. The Kier molecular flexibility index (Phi) is 3.49. The van der Waals surface area contributed by atoms with E-state index in [0.717, 1.165) is 5.56 Å². The number of aryl methyl sites for hydroxylation is 1. The molecule has 1 N–H and O–H groups in total. The maximum atomic E-state index is 11.3. The molecule has 0 saturated heterocycles. The number of hydrogen-bond acceptors (Lipinski definition) is 3. The fourth-order valence-electron chi connectivity index (χ4n) is 1.23. The number of aromatic nitrogens is 2. The number of H-pyrrole nitrogens is 1. The summed E-state index contributed by atoms with van der Waals surface area (Å²) in [7, 11) is 0. The number of hydrogen-bond donors (Lipinski definition) is 1. The molecule has 17 heavy (non-hydrogen) atoms. The molecule has 0 aliphatic carbocycles. The van der Waals surface area contributed by atoms with E-state index in [2.05, 4.69) is 25.9 Å². The standard InChI is InChI=1S/C11H8BrClN2O2/c1-6-2-3-7(13)4-8(6)17-11-9(12)10(16)14-5-15-11/h2-5H,1H3,(H,14,15,16). The summed E-state index contributed by atoms with van der Waals surface area (Å²) in [6.07, 6.45) is 1.28. The largest absolute Gasteiger partial charge is 0.437 e. The molecular weight excluding hydrogens is 307 g/mol. The molecule has 1 aromatic carbocycles. The Labute approximate surface area is 111 Å². The molecule has 2 rings (SSSR count). The molecule has 0 spiro atoms. The van der Waals surface area contributed by atoms with Crippen molar-refractivity contribution in [3.63, 3.8) is 0 Å². The zero-order chi connectivity index (χ0) is 12.4. The monoisotopic (exact) mass is 314 g/mol. The minimum absolute atomic E-state index is 0.208. The van der Waals surface area contributed by atoms with Gasteiger partial charge in [0, 0.05) is 5.02 Å². The second kappa shape index (κ2) is 4.89. The smallest absolute Gasteiger partial charge is 0.268 e. The van der Waals surface area contributed by atoms with Gasteiger partial charge < -0.3 is 9.72 Å². The first-order valence-corrected chi connectivity index (χ1v) is 5.92. The third-order valence-electron chi connectivity index (χ3n) is 2.12. The molecule has 0 aliphatic rings. The lowest BCUT2D eigenvalue weighted by atomic mass is 10.2. The second-order valence-corrected chi connectivity index (χ2v) is 4.59. The van der Waals surface area contributed by atoms with Crippen molar-refractivity contribution >= 4 is 27.5 Å². The first-order chi connectivity index (χ1) is 8.08. The molecule has 88 valence electrons. The molecule has 0 atom stereocenters. The van der Waals surface area contributed by atoms with Crippen molar-refractivity contribution in [2.75, 3.05) is 0 Å². The first-order valence-electron chi connectivity index (χ1n) is 4.75. The lowest BCUT2D eigenvalue weighted by Crippen LogP contribution is -2.08. The zero-order valence-corrected chi connectivity index (χ0v) is 11.2. The van der Waals surface area contributed by atoms with E-state index in [-0.39, 0.29) is 15.9 Å². The SMILES string of the molecule is Cc1ccc(Cl)cc1Oc1nc[nH]c(=O)c1Br. The molecule has 0 amide bonds. The van der Waals surface area contributed by atoms with Crippen LogP contribution in [-0.4, -0.2) is 9.97 Å². The van der Waals surface area contributed by atoms with Crippen LogP contribution in [0.5, 0.6) is 11.6 Å². The second-order valence-electron chi connectivity index (χ2n) is 3.36. The maximum absolute atomic E-state index is 11.3. The minimum Gasteiger partial charge on any atom is -0.437 e. The average molecular weight is 316 g/mol. The van der Waals surface area contributed by atoms with Gasteiger partial charge in [-0.1, -0.05) is 17.7 Å². The summed E-state index contributed by atoms with van der Waals surface area (Å²) in [5.74, 6) is 0.774. The van der Waals surface area contributed by atoms with Crippen LogP contribution in [0.15, 0.2) is 33.8 Å². The van der Waals surface area contributed by atoms with Crippen LogP contribution in [-0.2, 0) is 0 Å². The zero-order valence-electron chi connectivity index (χ0n) is 8.83. The number of nitrogens with zero attached hydrogens (tertiary/aromatic N) is 1. The van der Waals surface area contributed by atoms with Crippen LogP contribution in [0.3, 0.4) is 0 Å². The summed E-state index contributed by atoms with van der Waals surface area (Å²) in [6.45, 7) is 1.88. The van der Waals surface area contributed by atoms with Crippen LogP contribution < -0.4 is 10.3 Å².